The second kappa shape index (κ2) is 7.39. The summed E-state index contributed by atoms with van der Waals surface area (Å²) >= 11 is 0. The van der Waals surface area contributed by atoms with Crippen LogP contribution >= 0.6 is 0 Å². The number of hydrogen-bond acceptors (Lipinski definition) is 2. The molecule has 0 saturated heterocycles. The standard InChI is InChI=1S/C19H26N2/c1-14-5-8-17(9-6-14)10-11-19(21-20)13-18-12-15(2)4-7-16(18)3/h4-9,12,19,21H,10-11,13,20H2,1-3H3. The fraction of sp³-hybridized carbons (Fsp3) is 0.368. The summed E-state index contributed by atoms with van der Waals surface area (Å²) in [6.07, 6.45) is 3.09. The molecule has 112 valence electrons. The maximum atomic E-state index is 5.75. The van der Waals surface area contributed by atoms with Gasteiger partial charge in [0.1, 0.15) is 0 Å². The summed E-state index contributed by atoms with van der Waals surface area (Å²) < 4.78 is 0. The van der Waals surface area contributed by atoms with E-state index in [0.717, 1.165) is 19.3 Å². The Kier molecular flexibility index (Phi) is 5.54. The van der Waals surface area contributed by atoms with Crippen molar-refractivity contribution < 1.29 is 0 Å². The molecule has 2 rings (SSSR count). The highest BCUT2D eigenvalue weighted by Gasteiger charge is 2.10. The Bertz CT molecular complexity index is 573. The van der Waals surface area contributed by atoms with Gasteiger partial charge < -0.3 is 0 Å². The molecule has 0 radical (unpaired) electrons. The van der Waals surface area contributed by atoms with Gasteiger partial charge in [-0.2, -0.15) is 0 Å². The van der Waals surface area contributed by atoms with Gasteiger partial charge in [-0.15, -0.1) is 0 Å². The molecule has 3 N–H and O–H groups in total. The van der Waals surface area contributed by atoms with Gasteiger partial charge in [0.15, 0.2) is 0 Å². The van der Waals surface area contributed by atoms with Crippen molar-refractivity contribution in [2.45, 2.75) is 46.1 Å². The van der Waals surface area contributed by atoms with Crippen LogP contribution in [0.3, 0.4) is 0 Å². The largest absolute Gasteiger partial charge is 0.271 e. The van der Waals surface area contributed by atoms with Crippen LogP contribution in [0.4, 0.5) is 0 Å². The molecule has 0 amide bonds. The molecule has 0 heterocycles. The topological polar surface area (TPSA) is 38.0 Å². The maximum Gasteiger partial charge on any atom is 0.0254 e. The first-order valence-electron chi connectivity index (χ1n) is 7.66. The van der Waals surface area contributed by atoms with Crippen LogP contribution < -0.4 is 11.3 Å². The number of hydrogen-bond donors (Lipinski definition) is 2. The van der Waals surface area contributed by atoms with E-state index in [9.17, 15) is 0 Å². The maximum absolute atomic E-state index is 5.75. The van der Waals surface area contributed by atoms with Gasteiger partial charge in [0.25, 0.3) is 0 Å². The summed E-state index contributed by atoms with van der Waals surface area (Å²) in [6, 6.07) is 15.7. The van der Waals surface area contributed by atoms with E-state index in [4.69, 9.17) is 5.84 Å². The summed E-state index contributed by atoms with van der Waals surface area (Å²) in [5.41, 5.74) is 9.71. The van der Waals surface area contributed by atoms with Gasteiger partial charge in [-0.3, -0.25) is 11.3 Å². The van der Waals surface area contributed by atoms with Gasteiger partial charge in [0.2, 0.25) is 0 Å². The molecule has 2 aromatic carbocycles. The lowest BCUT2D eigenvalue weighted by Crippen LogP contribution is -2.37. The van der Waals surface area contributed by atoms with Crippen molar-refractivity contribution in [1.29, 1.82) is 0 Å². The quantitative estimate of drug-likeness (QED) is 0.627. The van der Waals surface area contributed by atoms with Crippen LogP contribution in [0.2, 0.25) is 0 Å². The van der Waals surface area contributed by atoms with E-state index in [2.05, 4.69) is 68.7 Å². The molecule has 0 aliphatic heterocycles. The smallest absolute Gasteiger partial charge is 0.0254 e. The third kappa shape index (κ3) is 4.69. The van der Waals surface area contributed by atoms with E-state index >= 15 is 0 Å². The molecule has 0 spiro atoms. The number of hydrazine groups is 1. The average molecular weight is 282 g/mol. The molecule has 0 fully saturated rings. The zero-order valence-electron chi connectivity index (χ0n) is 13.3. The highest BCUT2D eigenvalue weighted by molar-refractivity contribution is 5.31. The van der Waals surface area contributed by atoms with Crippen molar-refractivity contribution in [1.82, 2.24) is 5.43 Å². The molecule has 1 atom stereocenters. The van der Waals surface area contributed by atoms with E-state index in [1.807, 2.05) is 0 Å². The molecule has 0 aliphatic rings. The van der Waals surface area contributed by atoms with Crippen LogP contribution in [-0.2, 0) is 12.8 Å². The summed E-state index contributed by atoms with van der Waals surface area (Å²) in [4.78, 5) is 0. The fourth-order valence-electron chi connectivity index (χ4n) is 2.63. The van der Waals surface area contributed by atoms with Crippen molar-refractivity contribution in [3.63, 3.8) is 0 Å². The molecule has 0 saturated carbocycles. The number of nitrogens with one attached hydrogen (secondary N) is 1. The lowest BCUT2D eigenvalue weighted by atomic mass is 9.95. The first kappa shape index (κ1) is 15.7. The molecule has 0 bridgehead atoms. The molecule has 21 heavy (non-hydrogen) atoms. The van der Waals surface area contributed by atoms with Crippen LogP contribution in [0.1, 0.15) is 34.2 Å². The minimum absolute atomic E-state index is 0.312. The SMILES string of the molecule is Cc1ccc(CCC(Cc2cc(C)ccc2C)NN)cc1. The minimum Gasteiger partial charge on any atom is -0.271 e. The zero-order chi connectivity index (χ0) is 15.2. The third-order valence-corrected chi connectivity index (χ3v) is 4.11. The lowest BCUT2D eigenvalue weighted by molar-refractivity contribution is 0.490. The van der Waals surface area contributed by atoms with Crippen LogP contribution in [0.25, 0.3) is 0 Å². The summed E-state index contributed by atoms with van der Waals surface area (Å²) in [5.74, 6) is 5.75. The van der Waals surface area contributed by atoms with E-state index in [0.29, 0.717) is 6.04 Å². The van der Waals surface area contributed by atoms with Crippen molar-refractivity contribution in [3.8, 4) is 0 Å². The average Bonchev–Trinajstić information content (AvgIpc) is 2.48. The van der Waals surface area contributed by atoms with Gasteiger partial charge in [0.05, 0.1) is 0 Å². The monoisotopic (exact) mass is 282 g/mol. The second-order valence-electron chi connectivity index (χ2n) is 6.02. The van der Waals surface area contributed by atoms with Crippen LogP contribution in [-0.4, -0.2) is 6.04 Å². The normalized spacial score (nSPS) is 12.4. The van der Waals surface area contributed by atoms with Crippen molar-refractivity contribution >= 4 is 0 Å². The molecule has 2 aromatic rings. The molecular weight excluding hydrogens is 256 g/mol. The first-order valence-corrected chi connectivity index (χ1v) is 7.66. The van der Waals surface area contributed by atoms with Crippen molar-refractivity contribution in [3.05, 3.63) is 70.3 Å². The molecule has 0 aliphatic carbocycles. The summed E-state index contributed by atoms with van der Waals surface area (Å²) in [7, 11) is 0. The highest BCUT2D eigenvalue weighted by atomic mass is 15.2. The number of nitrogens with two attached hydrogens (primary N) is 1. The van der Waals surface area contributed by atoms with E-state index in [1.54, 1.807) is 0 Å². The van der Waals surface area contributed by atoms with Gasteiger partial charge >= 0.3 is 0 Å². The van der Waals surface area contributed by atoms with Gasteiger partial charge in [-0.05, 0) is 56.7 Å². The Morgan fingerprint density at radius 3 is 2.29 bits per heavy atom. The second-order valence-corrected chi connectivity index (χ2v) is 6.02. The Balaban J connectivity index is 1.96. The summed E-state index contributed by atoms with van der Waals surface area (Å²) in [5, 5.41) is 0. The van der Waals surface area contributed by atoms with Crippen molar-refractivity contribution in [2.75, 3.05) is 0 Å². The predicted octanol–water partition coefficient (Wildman–Crippen LogP) is 3.62. The Morgan fingerprint density at radius 2 is 1.62 bits per heavy atom. The Labute approximate surface area is 128 Å². The molecule has 2 heteroatoms. The Morgan fingerprint density at radius 1 is 0.952 bits per heavy atom. The van der Waals surface area contributed by atoms with Crippen molar-refractivity contribution in [2.24, 2.45) is 5.84 Å². The molecule has 0 aromatic heterocycles. The molecule has 1 unspecified atom stereocenters. The van der Waals surface area contributed by atoms with Crippen LogP contribution in [0.15, 0.2) is 42.5 Å². The van der Waals surface area contributed by atoms with E-state index < -0.39 is 0 Å². The molecular formula is C19H26N2. The Hall–Kier alpha value is -1.64. The highest BCUT2D eigenvalue weighted by Crippen LogP contribution is 2.15. The zero-order valence-corrected chi connectivity index (χ0v) is 13.3. The van der Waals surface area contributed by atoms with E-state index in [-0.39, 0.29) is 0 Å². The van der Waals surface area contributed by atoms with Crippen LogP contribution in [0.5, 0.6) is 0 Å². The molecule has 2 nitrogen and oxygen atoms in total. The van der Waals surface area contributed by atoms with Gasteiger partial charge in [-0.1, -0.05) is 53.6 Å². The van der Waals surface area contributed by atoms with E-state index in [1.165, 1.54) is 27.8 Å². The lowest BCUT2D eigenvalue weighted by Gasteiger charge is -2.18. The first-order chi connectivity index (χ1) is 10.1. The van der Waals surface area contributed by atoms with Crippen LogP contribution in [0, 0.1) is 20.8 Å². The predicted molar refractivity (Wildman–Crippen MR) is 90.2 cm³/mol. The van der Waals surface area contributed by atoms with Gasteiger partial charge in [0, 0.05) is 6.04 Å². The minimum atomic E-state index is 0.312. The van der Waals surface area contributed by atoms with Gasteiger partial charge in [-0.25, -0.2) is 0 Å². The fourth-order valence-corrected chi connectivity index (χ4v) is 2.63. The third-order valence-electron chi connectivity index (χ3n) is 4.11. The number of benzene rings is 2. The number of rotatable bonds is 6. The summed E-state index contributed by atoms with van der Waals surface area (Å²) in [6.45, 7) is 6.43. The number of aryl methyl sites for hydroxylation is 4.